The maximum atomic E-state index is 10.9. The molecule has 1 atom stereocenters. The Morgan fingerprint density at radius 3 is 2.72 bits per heavy atom. The highest BCUT2D eigenvalue weighted by Gasteiger charge is 2.37. The minimum Gasteiger partial charge on any atom is -0.507 e. The van der Waals surface area contributed by atoms with Crippen LogP contribution >= 0.6 is 11.6 Å². The van der Waals surface area contributed by atoms with Crippen molar-refractivity contribution in [2.24, 2.45) is 0 Å². The van der Waals surface area contributed by atoms with Crippen molar-refractivity contribution in [1.82, 2.24) is 5.32 Å². The fourth-order valence-corrected chi connectivity index (χ4v) is 4.77. The molecule has 29 heavy (non-hydrogen) atoms. The predicted octanol–water partition coefficient (Wildman–Crippen LogP) is 6.09. The Balaban J connectivity index is 1.52. The largest absolute Gasteiger partial charge is 0.507 e. The van der Waals surface area contributed by atoms with E-state index in [0.717, 1.165) is 60.7 Å². The van der Waals surface area contributed by atoms with Gasteiger partial charge in [0.15, 0.2) is 0 Å². The van der Waals surface area contributed by atoms with Crippen LogP contribution in [-0.4, -0.2) is 23.8 Å². The second-order valence-corrected chi connectivity index (χ2v) is 9.27. The number of hydrogen-bond donors (Lipinski definition) is 2. The fourth-order valence-electron chi connectivity index (χ4n) is 4.64. The van der Waals surface area contributed by atoms with Gasteiger partial charge >= 0.3 is 0 Å². The molecule has 0 saturated heterocycles. The lowest BCUT2D eigenvalue weighted by Gasteiger charge is -2.40. The molecule has 0 bridgehead atoms. The lowest BCUT2D eigenvalue weighted by atomic mass is 9.81. The summed E-state index contributed by atoms with van der Waals surface area (Å²) in [6.45, 7) is 8.25. The third-order valence-electron chi connectivity index (χ3n) is 6.30. The maximum absolute atomic E-state index is 10.9. The van der Waals surface area contributed by atoms with E-state index in [1.165, 1.54) is 16.7 Å². The fraction of sp³-hybridized carbons (Fsp3) is 0.440. The van der Waals surface area contributed by atoms with Crippen molar-refractivity contribution in [1.29, 1.82) is 0 Å². The summed E-state index contributed by atoms with van der Waals surface area (Å²) in [7, 11) is 0. The summed E-state index contributed by atoms with van der Waals surface area (Å²) in [5, 5.41) is 15.1. The van der Waals surface area contributed by atoms with Crippen LogP contribution in [0.5, 0.6) is 11.5 Å². The van der Waals surface area contributed by atoms with Crippen LogP contribution in [0.2, 0.25) is 5.02 Å². The summed E-state index contributed by atoms with van der Waals surface area (Å²) in [6.07, 6.45) is 4.14. The number of benzene rings is 2. The summed E-state index contributed by atoms with van der Waals surface area (Å²) in [5.41, 5.74) is 5.52. The first-order valence-electron chi connectivity index (χ1n) is 10.6. The van der Waals surface area contributed by atoms with Gasteiger partial charge in [-0.05, 0) is 98.5 Å². The average molecular weight is 412 g/mol. The summed E-state index contributed by atoms with van der Waals surface area (Å²) in [5.74, 6) is 1.51. The van der Waals surface area contributed by atoms with Gasteiger partial charge in [0.1, 0.15) is 17.1 Å². The Labute approximate surface area is 178 Å². The van der Waals surface area contributed by atoms with Gasteiger partial charge in [-0.1, -0.05) is 30.7 Å². The first kappa shape index (κ1) is 20.3. The van der Waals surface area contributed by atoms with Gasteiger partial charge in [-0.15, -0.1) is 0 Å². The number of nitrogens with one attached hydrogen (secondary N) is 1. The molecule has 0 saturated carbocycles. The number of aromatic hydroxyl groups is 1. The number of aryl methyl sites for hydroxylation is 1. The van der Waals surface area contributed by atoms with Crippen LogP contribution in [0.1, 0.15) is 62.6 Å². The molecule has 2 N–H and O–H groups in total. The predicted molar refractivity (Wildman–Crippen MR) is 120 cm³/mol. The summed E-state index contributed by atoms with van der Waals surface area (Å²) >= 11 is 5.97. The van der Waals surface area contributed by atoms with Crippen molar-refractivity contribution < 1.29 is 9.84 Å². The summed E-state index contributed by atoms with van der Waals surface area (Å²) < 4.78 is 6.39. The second kappa shape index (κ2) is 8.04. The topological polar surface area (TPSA) is 41.5 Å². The van der Waals surface area contributed by atoms with Gasteiger partial charge in [0.25, 0.3) is 0 Å². The van der Waals surface area contributed by atoms with Crippen LogP contribution in [0.15, 0.2) is 42.0 Å². The van der Waals surface area contributed by atoms with E-state index in [0.29, 0.717) is 11.7 Å². The zero-order valence-electron chi connectivity index (χ0n) is 17.5. The van der Waals surface area contributed by atoms with Gasteiger partial charge in [-0.3, -0.25) is 0 Å². The van der Waals surface area contributed by atoms with Crippen LogP contribution in [-0.2, 0) is 6.42 Å². The molecule has 154 valence electrons. The van der Waals surface area contributed by atoms with Gasteiger partial charge in [0.2, 0.25) is 0 Å². The number of hydrogen-bond acceptors (Lipinski definition) is 3. The van der Waals surface area contributed by atoms with E-state index in [9.17, 15) is 5.11 Å². The van der Waals surface area contributed by atoms with Crippen molar-refractivity contribution in [3.8, 4) is 11.5 Å². The molecular weight excluding hydrogens is 382 g/mol. The SMILES string of the molecule is CC(CCCc1ccc(Cl)cc1)c1cc(O)c2c(c1)OC(C)(C)C1=C2CNCC1. The molecule has 0 spiro atoms. The van der Waals surface area contributed by atoms with Crippen LogP contribution in [0, 0.1) is 0 Å². The molecular formula is C25H30ClNO2. The molecule has 0 aliphatic carbocycles. The van der Waals surface area contributed by atoms with Gasteiger partial charge in [-0.2, -0.15) is 0 Å². The zero-order valence-corrected chi connectivity index (χ0v) is 18.3. The lowest BCUT2D eigenvalue weighted by Crippen LogP contribution is -2.40. The third kappa shape index (κ3) is 4.17. The smallest absolute Gasteiger partial charge is 0.132 e. The molecule has 4 rings (SSSR count). The first-order valence-corrected chi connectivity index (χ1v) is 11.0. The first-order chi connectivity index (χ1) is 13.8. The second-order valence-electron chi connectivity index (χ2n) is 8.83. The van der Waals surface area contributed by atoms with E-state index in [1.807, 2.05) is 18.2 Å². The molecule has 0 aromatic heterocycles. The van der Waals surface area contributed by atoms with Crippen molar-refractivity contribution in [3.05, 3.63) is 63.7 Å². The number of phenolic OH excluding ortho intramolecular Hbond substituents is 1. The van der Waals surface area contributed by atoms with E-state index in [-0.39, 0.29) is 5.60 Å². The maximum Gasteiger partial charge on any atom is 0.132 e. The molecule has 0 amide bonds. The average Bonchev–Trinajstić information content (AvgIpc) is 2.68. The molecule has 2 aromatic carbocycles. The van der Waals surface area contributed by atoms with Crippen LogP contribution in [0.3, 0.4) is 0 Å². The quantitative estimate of drug-likeness (QED) is 0.625. The molecule has 1 unspecified atom stereocenters. The Morgan fingerprint density at radius 2 is 1.97 bits per heavy atom. The van der Waals surface area contributed by atoms with Crippen LogP contribution in [0.4, 0.5) is 0 Å². The standard InChI is InChI=1S/C25H30ClNO2/c1-16(5-4-6-17-7-9-19(26)10-8-17)18-13-22(28)24-20-15-27-12-11-21(20)25(2,3)29-23(24)14-18/h7-10,13-14,16,27-28H,4-6,11-12,15H2,1-3H3. The number of rotatable bonds is 5. The highest BCUT2D eigenvalue weighted by molar-refractivity contribution is 6.30. The van der Waals surface area contributed by atoms with E-state index < -0.39 is 0 Å². The lowest BCUT2D eigenvalue weighted by molar-refractivity contribution is 0.137. The van der Waals surface area contributed by atoms with Gasteiger partial charge in [-0.25, -0.2) is 0 Å². The number of ether oxygens (including phenoxy) is 1. The van der Waals surface area contributed by atoms with Crippen molar-refractivity contribution in [3.63, 3.8) is 0 Å². The molecule has 2 aliphatic heterocycles. The van der Waals surface area contributed by atoms with E-state index in [2.05, 4.69) is 44.3 Å². The van der Waals surface area contributed by atoms with E-state index in [4.69, 9.17) is 16.3 Å². The Kier molecular flexibility index (Phi) is 5.63. The third-order valence-corrected chi connectivity index (χ3v) is 6.55. The molecule has 2 aliphatic rings. The minimum atomic E-state index is -0.326. The molecule has 0 radical (unpaired) electrons. The van der Waals surface area contributed by atoms with E-state index in [1.54, 1.807) is 0 Å². The minimum absolute atomic E-state index is 0.326. The van der Waals surface area contributed by atoms with Gasteiger partial charge in [0, 0.05) is 11.6 Å². The Bertz CT molecular complexity index is 931. The summed E-state index contributed by atoms with van der Waals surface area (Å²) in [6, 6.07) is 12.2. The summed E-state index contributed by atoms with van der Waals surface area (Å²) in [4.78, 5) is 0. The Hall–Kier alpha value is -1.97. The Morgan fingerprint density at radius 1 is 1.21 bits per heavy atom. The zero-order chi connectivity index (χ0) is 20.6. The van der Waals surface area contributed by atoms with Crippen molar-refractivity contribution in [2.75, 3.05) is 13.1 Å². The monoisotopic (exact) mass is 411 g/mol. The van der Waals surface area contributed by atoms with Gasteiger partial charge in [0.05, 0.1) is 5.56 Å². The molecule has 0 fully saturated rings. The number of halogens is 1. The van der Waals surface area contributed by atoms with Crippen molar-refractivity contribution >= 4 is 17.2 Å². The van der Waals surface area contributed by atoms with Crippen LogP contribution in [0.25, 0.3) is 5.57 Å². The normalized spacial score (nSPS) is 18.6. The highest BCUT2D eigenvalue weighted by atomic mass is 35.5. The van der Waals surface area contributed by atoms with Gasteiger partial charge < -0.3 is 15.2 Å². The molecule has 2 aromatic rings. The molecule has 4 heteroatoms. The molecule has 3 nitrogen and oxygen atoms in total. The molecule has 2 heterocycles. The van der Waals surface area contributed by atoms with Crippen LogP contribution < -0.4 is 10.1 Å². The number of phenols is 1. The highest BCUT2D eigenvalue weighted by Crippen LogP contribution is 2.48. The number of fused-ring (bicyclic) bond motifs is 2. The van der Waals surface area contributed by atoms with Crippen molar-refractivity contribution in [2.45, 2.75) is 58.0 Å². The van der Waals surface area contributed by atoms with E-state index >= 15 is 0 Å².